The Hall–Kier alpha value is -1.96. The van der Waals surface area contributed by atoms with Crippen LogP contribution in [0, 0.1) is 0 Å². The topological polar surface area (TPSA) is 69.0 Å². The fraction of sp³-hybridized carbons (Fsp3) is 0.167. The summed E-state index contributed by atoms with van der Waals surface area (Å²) >= 11 is 0. The van der Waals surface area contributed by atoms with E-state index in [1.165, 1.54) is 0 Å². The van der Waals surface area contributed by atoms with E-state index in [2.05, 4.69) is 10.3 Å². The highest BCUT2D eigenvalue weighted by atomic mass is 35.5. The van der Waals surface area contributed by atoms with E-state index in [4.69, 9.17) is 0 Å². The van der Waals surface area contributed by atoms with Crippen LogP contribution in [0.5, 0.6) is 0 Å². The zero-order valence-electron chi connectivity index (χ0n) is 14.6. The lowest BCUT2D eigenvalue weighted by Crippen LogP contribution is -3.20. The number of carbonyl (C=O) groups is 2. The molecule has 2 unspecified atom stereocenters. The van der Waals surface area contributed by atoms with Crippen molar-refractivity contribution in [2.45, 2.75) is 0 Å². The molecule has 146 valence electrons. The number of hydrogen-bond donors (Lipinski definition) is 4. The second-order valence-electron chi connectivity index (χ2n) is 5.79. The summed E-state index contributed by atoms with van der Waals surface area (Å²) in [5.74, 6) is -0.141. The lowest BCUT2D eigenvalue weighted by molar-refractivity contribution is -0.801. The van der Waals surface area contributed by atoms with Crippen molar-refractivity contribution in [3.63, 3.8) is 0 Å². The molecule has 3 rings (SSSR count). The van der Waals surface area contributed by atoms with Crippen LogP contribution in [0.25, 0.3) is 0 Å². The molecule has 1 aliphatic rings. The Morgan fingerprint density at radius 3 is 2.37 bits per heavy atom. The first-order valence-corrected chi connectivity index (χ1v) is 7.89. The molecule has 0 radical (unpaired) electrons. The molecule has 2 atom stereocenters. The van der Waals surface area contributed by atoms with Gasteiger partial charge in [0.05, 0.1) is 7.05 Å². The second-order valence-corrected chi connectivity index (χ2v) is 5.79. The number of rotatable bonds is 5. The molecule has 27 heavy (non-hydrogen) atoms. The number of likely N-dealkylation sites (N-methyl/N-ethyl adjacent to an activating group) is 1. The van der Waals surface area contributed by atoms with Crippen LogP contribution in [-0.4, -0.2) is 38.4 Å². The third kappa shape index (κ3) is 6.30. The lowest BCUT2D eigenvalue weighted by atomic mass is 10.1. The average molecular weight is 432 g/mol. The molecular formula is C18H21Cl3N4O2. The van der Waals surface area contributed by atoms with Crippen molar-refractivity contribution < 1.29 is 61.6 Å². The van der Waals surface area contributed by atoms with Gasteiger partial charge in [0.2, 0.25) is 5.69 Å². The summed E-state index contributed by atoms with van der Waals surface area (Å²) < 4.78 is 0. The van der Waals surface area contributed by atoms with Crippen LogP contribution in [0.1, 0.15) is 10.4 Å². The maximum Gasteiger partial charge on any atom is 0.361 e. The number of quaternary nitrogens is 2. The summed E-state index contributed by atoms with van der Waals surface area (Å²) in [5, 5.41) is 2.83. The van der Waals surface area contributed by atoms with Gasteiger partial charge >= 0.3 is 12.2 Å². The molecular weight excluding hydrogens is 411 g/mol. The summed E-state index contributed by atoms with van der Waals surface area (Å²) in [4.78, 5) is 29.2. The van der Waals surface area contributed by atoms with Gasteiger partial charge in [-0.25, -0.2) is 4.79 Å². The highest BCUT2D eigenvalue weighted by molar-refractivity contribution is 5.95. The monoisotopic (exact) mass is 430 g/mol. The van der Waals surface area contributed by atoms with Crippen LogP contribution in [-0.2, 0) is 4.79 Å². The second kappa shape index (κ2) is 11.7. The molecule has 9 heteroatoms. The largest absolute Gasteiger partial charge is 1.00 e. The van der Waals surface area contributed by atoms with Crippen molar-refractivity contribution in [1.82, 2.24) is 5.32 Å². The van der Waals surface area contributed by atoms with Gasteiger partial charge in [0.15, 0.2) is 18.8 Å². The first-order chi connectivity index (χ1) is 11.6. The highest BCUT2D eigenvalue weighted by Crippen LogP contribution is 2.07. The van der Waals surface area contributed by atoms with E-state index < -0.39 is 0 Å². The molecule has 4 N–H and O–H groups in total. The molecule has 0 saturated heterocycles. The molecule has 0 fully saturated rings. The summed E-state index contributed by atoms with van der Waals surface area (Å²) in [6.07, 6.45) is 1.67. The molecule has 6 nitrogen and oxygen atoms in total. The van der Waals surface area contributed by atoms with Crippen molar-refractivity contribution >= 4 is 29.5 Å². The number of carbonyl (C=O) groups excluding carboxylic acids is 2. The maximum absolute atomic E-state index is 12.4. The van der Waals surface area contributed by atoms with Crippen LogP contribution in [0.2, 0.25) is 0 Å². The van der Waals surface area contributed by atoms with E-state index in [0.717, 1.165) is 16.3 Å². The van der Waals surface area contributed by atoms with Gasteiger partial charge in [0.1, 0.15) is 5.69 Å². The summed E-state index contributed by atoms with van der Waals surface area (Å²) in [7, 11) is 1.94. The quantitative estimate of drug-likeness (QED) is 0.380. The molecule has 0 saturated carbocycles. The fourth-order valence-electron chi connectivity index (χ4n) is 2.66. The van der Waals surface area contributed by atoms with Crippen LogP contribution < -0.4 is 57.3 Å². The molecule has 0 spiro atoms. The van der Waals surface area contributed by atoms with E-state index in [0.29, 0.717) is 17.0 Å². The average Bonchev–Trinajstić information content (AvgIpc) is 2.62. The number of hydrogen-bond acceptors (Lipinski definition) is 2. The Bertz CT molecular complexity index is 787. The minimum absolute atomic E-state index is 0. The zero-order chi connectivity index (χ0) is 16.9. The highest BCUT2D eigenvalue weighted by Gasteiger charge is 2.31. The number of para-hydroxylation sites is 2. The third-order valence-corrected chi connectivity index (χ3v) is 4.03. The predicted molar refractivity (Wildman–Crippen MR) is 89.3 cm³/mol. The molecule has 2 aromatic rings. The molecule has 1 heterocycles. The smallest absolute Gasteiger partial charge is 0.361 e. The predicted octanol–water partition coefficient (Wildman–Crippen LogP) is -11.6. The molecule has 2 aromatic carbocycles. The Morgan fingerprint density at radius 1 is 1.04 bits per heavy atom. The van der Waals surface area contributed by atoms with Crippen LogP contribution in [0.4, 0.5) is 11.4 Å². The van der Waals surface area contributed by atoms with E-state index in [1.54, 1.807) is 12.4 Å². The standard InChI is InChI=1S/C18H18N4O2.3ClH/c1-21(14-7-3-2-4-8-14)11-17(23)20-13-22-12-19-16-10-6-5-9-15(16)18(22)24;;;/h2-10,12H,11,13H2,1H3,(H,20,23);3*1H. The first-order valence-electron chi connectivity index (χ1n) is 7.89. The molecule has 1 aliphatic heterocycles. The number of fused-ring (bicyclic) bond motifs is 1. The Labute approximate surface area is 176 Å². The third-order valence-electron chi connectivity index (χ3n) is 4.03. The van der Waals surface area contributed by atoms with E-state index in [-0.39, 0.29) is 55.7 Å². The van der Waals surface area contributed by atoms with Gasteiger partial charge in [-0.05, 0) is 18.2 Å². The fourth-order valence-corrected chi connectivity index (χ4v) is 2.66. The van der Waals surface area contributed by atoms with Crippen LogP contribution in [0.3, 0.4) is 0 Å². The van der Waals surface area contributed by atoms with Gasteiger partial charge < -0.3 is 42.5 Å². The Kier molecular flexibility index (Phi) is 10.8. The molecule has 2 amide bonds. The Morgan fingerprint density at radius 2 is 1.67 bits per heavy atom. The van der Waals surface area contributed by atoms with Gasteiger partial charge in [0, 0.05) is 6.07 Å². The first kappa shape index (κ1) is 25.0. The normalized spacial score (nSPS) is 15.3. The minimum atomic E-state index is -0.0936. The van der Waals surface area contributed by atoms with Gasteiger partial charge in [-0.3, -0.25) is 9.69 Å². The van der Waals surface area contributed by atoms with Gasteiger partial charge in [-0.1, -0.05) is 30.3 Å². The summed E-state index contributed by atoms with van der Waals surface area (Å²) in [6.45, 7) is 0.538. The maximum atomic E-state index is 12.4. The van der Waals surface area contributed by atoms with E-state index in [9.17, 15) is 9.59 Å². The van der Waals surface area contributed by atoms with Crippen LogP contribution >= 0.6 is 0 Å². The van der Waals surface area contributed by atoms with E-state index in [1.807, 2.05) is 55.6 Å². The number of amides is 2. The van der Waals surface area contributed by atoms with Gasteiger partial charge in [0.25, 0.3) is 5.91 Å². The number of nitrogens with one attached hydrogen (secondary N) is 4. The van der Waals surface area contributed by atoms with Gasteiger partial charge in [-0.2, -0.15) is 9.89 Å². The van der Waals surface area contributed by atoms with Crippen molar-refractivity contribution in [1.29, 1.82) is 0 Å². The SMILES string of the molecule is C[NH+](CC(=O)NC[NH+]1C=[NH+]c2ccccc2C1=O)c1ccccc1.[Cl-].[Cl-].[Cl-]. The number of halogens is 3. The zero-order valence-corrected chi connectivity index (χ0v) is 16.9. The van der Waals surface area contributed by atoms with E-state index >= 15 is 0 Å². The summed E-state index contributed by atoms with van der Waals surface area (Å²) in [5.41, 5.74) is 2.48. The Balaban J connectivity index is 0.00000225. The van der Waals surface area contributed by atoms with Gasteiger partial charge in [-0.15, -0.1) is 0 Å². The lowest BCUT2D eigenvalue weighted by Gasteiger charge is -2.15. The minimum Gasteiger partial charge on any atom is -1.00 e. The summed E-state index contributed by atoms with van der Waals surface area (Å²) in [6, 6.07) is 17.2. The van der Waals surface area contributed by atoms with Crippen molar-refractivity contribution in [2.24, 2.45) is 0 Å². The molecule has 0 aliphatic carbocycles. The van der Waals surface area contributed by atoms with Crippen molar-refractivity contribution in [3.8, 4) is 0 Å². The molecule has 0 aromatic heterocycles. The van der Waals surface area contributed by atoms with Crippen molar-refractivity contribution in [2.75, 3.05) is 20.3 Å². The molecule has 0 bridgehead atoms. The number of benzene rings is 2. The van der Waals surface area contributed by atoms with Crippen molar-refractivity contribution in [3.05, 3.63) is 60.2 Å². The van der Waals surface area contributed by atoms with Crippen LogP contribution in [0.15, 0.2) is 54.6 Å².